The van der Waals surface area contributed by atoms with E-state index in [4.69, 9.17) is 18.9 Å². The molecule has 0 radical (unpaired) electrons. The van der Waals surface area contributed by atoms with E-state index in [1.54, 1.807) is 21.1 Å². The van der Waals surface area contributed by atoms with Crippen LogP contribution in [0.1, 0.15) is 34.9 Å². The molecule has 1 aromatic heterocycles. The molecule has 0 saturated carbocycles. The third-order valence-corrected chi connectivity index (χ3v) is 7.30. The lowest BCUT2D eigenvalue weighted by Gasteiger charge is -2.37. The number of aromatic amines is 1. The molecule has 1 saturated heterocycles. The van der Waals surface area contributed by atoms with Crippen molar-refractivity contribution in [3.8, 4) is 11.5 Å². The number of aromatic nitrogens is 2. The minimum absolute atomic E-state index is 0.0156. The van der Waals surface area contributed by atoms with Crippen LogP contribution in [0.15, 0.2) is 94.6 Å². The van der Waals surface area contributed by atoms with Crippen molar-refractivity contribution < 1.29 is 24.1 Å². The van der Waals surface area contributed by atoms with Gasteiger partial charge in [-0.3, -0.25) is 14.3 Å². The van der Waals surface area contributed by atoms with Gasteiger partial charge in [-0.15, -0.1) is 0 Å². The van der Waals surface area contributed by atoms with Gasteiger partial charge in [-0.2, -0.15) is 0 Å². The molecule has 1 unspecified atom stereocenters. The molecule has 1 fully saturated rings. The molecule has 3 atom stereocenters. The number of H-pyrrole nitrogens is 1. The van der Waals surface area contributed by atoms with Crippen LogP contribution in [-0.4, -0.2) is 47.7 Å². The Morgan fingerprint density at radius 2 is 1.45 bits per heavy atom. The fourth-order valence-electron chi connectivity index (χ4n) is 5.12. The maximum absolute atomic E-state index is 12.5. The SMILES string of the molecule is COc1ccc(C(OC[C@H]2O[C@@H](n3cc(C)c(=O)[nH]c3=O)CC2O)(c2ccccc2)c2ccc(OC)cc2)cc1. The third kappa shape index (κ3) is 5.19. The zero-order valence-corrected chi connectivity index (χ0v) is 22.6. The van der Waals surface area contributed by atoms with E-state index < -0.39 is 35.3 Å². The molecule has 3 aromatic carbocycles. The van der Waals surface area contributed by atoms with E-state index in [1.165, 1.54) is 10.8 Å². The first-order chi connectivity index (χ1) is 19.3. The topological polar surface area (TPSA) is 112 Å². The Labute approximate surface area is 231 Å². The highest BCUT2D eigenvalue weighted by atomic mass is 16.6. The molecule has 9 nitrogen and oxygen atoms in total. The first-order valence-corrected chi connectivity index (χ1v) is 13.0. The molecule has 5 rings (SSSR count). The number of aliphatic hydroxyl groups is 1. The molecule has 4 aromatic rings. The van der Waals surface area contributed by atoms with Crippen LogP contribution < -0.4 is 20.7 Å². The number of rotatable bonds is 9. The number of nitrogens with zero attached hydrogens (tertiary/aromatic N) is 1. The van der Waals surface area contributed by atoms with Crippen LogP contribution in [0.4, 0.5) is 0 Å². The minimum atomic E-state index is -1.08. The smallest absolute Gasteiger partial charge is 0.330 e. The molecular weight excluding hydrogens is 512 g/mol. The van der Waals surface area contributed by atoms with Crippen molar-refractivity contribution >= 4 is 0 Å². The second kappa shape index (κ2) is 11.5. The highest BCUT2D eigenvalue weighted by Gasteiger charge is 2.42. The van der Waals surface area contributed by atoms with E-state index in [0.717, 1.165) is 16.7 Å². The van der Waals surface area contributed by atoms with Crippen molar-refractivity contribution in [2.75, 3.05) is 20.8 Å². The van der Waals surface area contributed by atoms with Crippen LogP contribution in [0.5, 0.6) is 11.5 Å². The molecule has 1 aliphatic heterocycles. The van der Waals surface area contributed by atoms with Crippen molar-refractivity contribution in [1.29, 1.82) is 0 Å². The van der Waals surface area contributed by atoms with Gasteiger partial charge in [0.15, 0.2) is 0 Å². The molecule has 40 heavy (non-hydrogen) atoms. The van der Waals surface area contributed by atoms with E-state index in [0.29, 0.717) is 17.1 Å². The van der Waals surface area contributed by atoms with Gasteiger partial charge in [0, 0.05) is 18.2 Å². The Morgan fingerprint density at radius 3 is 2.00 bits per heavy atom. The largest absolute Gasteiger partial charge is 0.497 e. The predicted octanol–water partition coefficient (Wildman–Crippen LogP) is 3.52. The van der Waals surface area contributed by atoms with E-state index in [1.807, 2.05) is 78.9 Å². The lowest BCUT2D eigenvalue weighted by atomic mass is 9.80. The summed E-state index contributed by atoms with van der Waals surface area (Å²) in [7, 11) is 3.23. The highest BCUT2D eigenvalue weighted by molar-refractivity contribution is 5.49. The van der Waals surface area contributed by atoms with Gasteiger partial charge in [0.1, 0.15) is 29.4 Å². The zero-order valence-electron chi connectivity index (χ0n) is 22.6. The number of aliphatic hydroxyl groups excluding tert-OH is 1. The van der Waals surface area contributed by atoms with Crippen molar-refractivity contribution in [1.82, 2.24) is 9.55 Å². The molecule has 0 bridgehead atoms. The predicted molar refractivity (Wildman–Crippen MR) is 149 cm³/mol. The van der Waals surface area contributed by atoms with E-state index >= 15 is 0 Å². The summed E-state index contributed by atoms with van der Waals surface area (Å²) in [6, 6.07) is 25.1. The average molecular weight is 545 g/mol. The third-order valence-electron chi connectivity index (χ3n) is 7.30. The number of benzene rings is 3. The van der Waals surface area contributed by atoms with Crippen molar-refractivity contribution in [3.05, 3.63) is 128 Å². The normalized spacial score (nSPS) is 18.9. The fourth-order valence-corrected chi connectivity index (χ4v) is 5.12. The van der Waals surface area contributed by atoms with Gasteiger partial charge >= 0.3 is 5.69 Å². The summed E-state index contributed by atoms with van der Waals surface area (Å²) in [5.74, 6) is 1.42. The summed E-state index contributed by atoms with van der Waals surface area (Å²) in [6.07, 6.45) is -0.763. The minimum Gasteiger partial charge on any atom is -0.497 e. The van der Waals surface area contributed by atoms with Crippen LogP contribution >= 0.6 is 0 Å². The summed E-state index contributed by atoms with van der Waals surface area (Å²) < 4.78 is 25.1. The van der Waals surface area contributed by atoms with E-state index in [9.17, 15) is 14.7 Å². The summed E-state index contributed by atoms with van der Waals surface area (Å²) in [4.78, 5) is 26.6. The van der Waals surface area contributed by atoms with Gasteiger partial charge in [-0.1, -0.05) is 54.6 Å². The Bertz CT molecular complexity index is 1500. The fraction of sp³-hybridized carbons (Fsp3) is 0.290. The number of aryl methyl sites for hydroxylation is 1. The van der Waals surface area contributed by atoms with Gasteiger partial charge in [-0.25, -0.2) is 4.79 Å². The molecule has 0 amide bonds. The standard InChI is InChI=1S/C31H32N2O7/c1-20-18-33(30(36)32-29(20)35)28-17-26(34)27(40-28)19-39-31(21-7-5-4-6-8-21,22-9-13-24(37-2)14-10-22)23-11-15-25(38-3)16-12-23/h4-16,18,26-28,34H,17,19H2,1-3H3,(H,32,35,36)/t26?,27-,28-/m1/s1. The van der Waals surface area contributed by atoms with Crippen molar-refractivity contribution in [2.45, 2.75) is 37.4 Å². The quantitative estimate of drug-likeness (QED) is 0.310. The van der Waals surface area contributed by atoms with Crippen LogP contribution in [0.3, 0.4) is 0 Å². The maximum Gasteiger partial charge on any atom is 0.330 e. The number of hydrogen-bond donors (Lipinski definition) is 2. The van der Waals surface area contributed by atoms with Crippen LogP contribution in [0, 0.1) is 6.92 Å². The molecular formula is C31H32N2O7. The van der Waals surface area contributed by atoms with Crippen LogP contribution in [0.25, 0.3) is 0 Å². The molecule has 0 spiro atoms. The summed E-state index contributed by atoms with van der Waals surface area (Å²) >= 11 is 0. The van der Waals surface area contributed by atoms with E-state index in [2.05, 4.69) is 4.98 Å². The molecule has 2 heterocycles. The second-order valence-electron chi connectivity index (χ2n) is 9.73. The van der Waals surface area contributed by atoms with Gasteiger partial charge in [0.05, 0.1) is 26.9 Å². The lowest BCUT2D eigenvalue weighted by molar-refractivity contribution is -0.0944. The van der Waals surface area contributed by atoms with E-state index in [-0.39, 0.29) is 13.0 Å². The lowest BCUT2D eigenvalue weighted by Crippen LogP contribution is -2.38. The Kier molecular flexibility index (Phi) is 7.88. The van der Waals surface area contributed by atoms with Gasteiger partial charge in [0.25, 0.3) is 5.56 Å². The Balaban J connectivity index is 1.54. The summed E-state index contributed by atoms with van der Waals surface area (Å²) in [5.41, 5.74) is 0.825. The molecule has 208 valence electrons. The molecule has 9 heteroatoms. The van der Waals surface area contributed by atoms with Crippen molar-refractivity contribution in [3.63, 3.8) is 0 Å². The second-order valence-corrected chi connectivity index (χ2v) is 9.73. The molecule has 0 aliphatic carbocycles. The van der Waals surface area contributed by atoms with Gasteiger partial charge < -0.3 is 24.1 Å². The summed E-state index contributed by atoms with van der Waals surface area (Å²) in [5, 5.41) is 11.0. The number of ether oxygens (including phenoxy) is 4. The number of hydrogen-bond acceptors (Lipinski definition) is 7. The summed E-state index contributed by atoms with van der Waals surface area (Å²) in [6.45, 7) is 1.63. The first kappa shape index (κ1) is 27.4. The zero-order chi connectivity index (χ0) is 28.3. The number of nitrogens with one attached hydrogen (secondary N) is 1. The Hall–Kier alpha value is -4.18. The Morgan fingerprint density at radius 1 is 0.900 bits per heavy atom. The van der Waals surface area contributed by atoms with Crippen LogP contribution in [0.2, 0.25) is 0 Å². The van der Waals surface area contributed by atoms with Crippen LogP contribution in [-0.2, 0) is 15.1 Å². The van der Waals surface area contributed by atoms with Crippen molar-refractivity contribution in [2.24, 2.45) is 0 Å². The first-order valence-electron chi connectivity index (χ1n) is 13.0. The molecule has 1 aliphatic rings. The number of methoxy groups -OCH3 is 2. The maximum atomic E-state index is 12.5. The highest BCUT2D eigenvalue weighted by Crippen LogP contribution is 2.42. The molecule has 2 N–H and O–H groups in total. The van der Waals surface area contributed by atoms with Gasteiger partial charge in [0.2, 0.25) is 0 Å². The average Bonchev–Trinajstić information content (AvgIpc) is 3.36. The van der Waals surface area contributed by atoms with Gasteiger partial charge in [-0.05, 0) is 47.9 Å². The monoisotopic (exact) mass is 544 g/mol.